The predicted molar refractivity (Wildman–Crippen MR) is 71.8 cm³/mol. The molecule has 0 saturated carbocycles. The Morgan fingerprint density at radius 1 is 1.19 bits per heavy atom. The average Bonchev–Trinajstić information content (AvgIpc) is 2.34. The number of hydrogen-bond acceptors (Lipinski definition) is 3. The van der Waals surface area contributed by atoms with Crippen LogP contribution in [-0.4, -0.2) is 23.5 Å². The van der Waals surface area contributed by atoms with E-state index in [2.05, 4.69) is 40.8 Å². The second-order valence-corrected chi connectivity index (χ2v) is 4.65. The maximum atomic E-state index is 4.60. The summed E-state index contributed by atoms with van der Waals surface area (Å²) >= 11 is 1.86. The summed E-state index contributed by atoms with van der Waals surface area (Å²) in [5, 5.41) is 4.59. The van der Waals surface area contributed by atoms with Gasteiger partial charge in [-0.1, -0.05) is 24.3 Å². The zero-order valence-corrected chi connectivity index (χ0v) is 10.3. The molecular formula is C13H16N2S. The minimum absolute atomic E-state index is 0.853. The number of nitrogens with zero attached hydrogens (tertiary/aromatic N) is 1. The van der Waals surface area contributed by atoms with Crippen molar-refractivity contribution in [3.63, 3.8) is 0 Å². The van der Waals surface area contributed by atoms with Gasteiger partial charge in [-0.15, -0.1) is 0 Å². The summed E-state index contributed by atoms with van der Waals surface area (Å²) in [5.74, 6) is 1.15. The van der Waals surface area contributed by atoms with Crippen molar-refractivity contribution in [3.05, 3.63) is 42.1 Å². The first-order chi connectivity index (χ1) is 7.90. The van der Waals surface area contributed by atoms with E-state index in [9.17, 15) is 0 Å². The number of fused-ring (bicyclic) bond motifs is 1. The molecule has 0 unspecified atom stereocenters. The van der Waals surface area contributed by atoms with Crippen molar-refractivity contribution >= 4 is 22.7 Å². The van der Waals surface area contributed by atoms with Gasteiger partial charge >= 0.3 is 0 Å². The zero-order valence-electron chi connectivity index (χ0n) is 9.44. The topological polar surface area (TPSA) is 24.9 Å². The van der Waals surface area contributed by atoms with E-state index in [1.165, 1.54) is 5.39 Å². The summed E-state index contributed by atoms with van der Waals surface area (Å²) in [7, 11) is 0. The molecule has 1 heterocycles. The second kappa shape index (κ2) is 5.87. The number of benzene rings is 1. The Balaban J connectivity index is 2.02. The van der Waals surface area contributed by atoms with Gasteiger partial charge in [-0.05, 0) is 18.4 Å². The highest BCUT2D eigenvalue weighted by Crippen LogP contribution is 2.11. The van der Waals surface area contributed by atoms with Gasteiger partial charge in [0.2, 0.25) is 0 Å². The van der Waals surface area contributed by atoms with Crippen LogP contribution >= 0.6 is 11.8 Å². The summed E-state index contributed by atoms with van der Waals surface area (Å²) in [5.41, 5.74) is 2.19. The van der Waals surface area contributed by atoms with Gasteiger partial charge in [-0.3, -0.25) is 4.98 Å². The van der Waals surface area contributed by atoms with Crippen molar-refractivity contribution in [1.82, 2.24) is 10.3 Å². The van der Waals surface area contributed by atoms with Crippen LogP contribution in [0.15, 0.2) is 36.4 Å². The van der Waals surface area contributed by atoms with E-state index in [0.717, 1.165) is 30.1 Å². The number of nitrogens with one attached hydrogen (secondary N) is 1. The molecule has 0 amide bonds. The lowest BCUT2D eigenvalue weighted by atomic mass is 10.2. The number of rotatable bonds is 5. The highest BCUT2D eigenvalue weighted by atomic mass is 32.2. The molecule has 1 N–H and O–H groups in total. The lowest BCUT2D eigenvalue weighted by Gasteiger charge is -2.04. The maximum Gasteiger partial charge on any atom is 0.0705 e. The molecule has 1 aromatic carbocycles. The van der Waals surface area contributed by atoms with Crippen LogP contribution in [0.2, 0.25) is 0 Å². The van der Waals surface area contributed by atoms with Crippen molar-refractivity contribution in [1.29, 1.82) is 0 Å². The Bertz CT molecular complexity index is 456. The third kappa shape index (κ3) is 2.97. The van der Waals surface area contributed by atoms with Crippen LogP contribution in [0.5, 0.6) is 0 Å². The molecule has 0 saturated heterocycles. The summed E-state index contributed by atoms with van der Waals surface area (Å²) in [4.78, 5) is 4.60. The molecule has 0 spiro atoms. The van der Waals surface area contributed by atoms with E-state index < -0.39 is 0 Å². The summed E-state index contributed by atoms with van der Waals surface area (Å²) in [6, 6.07) is 12.4. The predicted octanol–water partition coefficient (Wildman–Crippen LogP) is 2.69. The molecule has 84 valence electrons. The van der Waals surface area contributed by atoms with E-state index in [4.69, 9.17) is 0 Å². The van der Waals surface area contributed by atoms with E-state index in [1.54, 1.807) is 0 Å². The maximum absolute atomic E-state index is 4.60. The average molecular weight is 232 g/mol. The van der Waals surface area contributed by atoms with Gasteiger partial charge in [0.15, 0.2) is 0 Å². The van der Waals surface area contributed by atoms with Crippen molar-refractivity contribution in [2.75, 3.05) is 18.6 Å². The van der Waals surface area contributed by atoms with Crippen LogP contribution in [-0.2, 0) is 6.54 Å². The van der Waals surface area contributed by atoms with E-state index in [0.29, 0.717) is 0 Å². The number of hydrogen-bond donors (Lipinski definition) is 1. The molecule has 0 bridgehead atoms. The molecular weight excluding hydrogens is 216 g/mol. The molecule has 1 aromatic heterocycles. The van der Waals surface area contributed by atoms with Gasteiger partial charge in [-0.2, -0.15) is 11.8 Å². The minimum Gasteiger partial charge on any atom is -0.310 e. The van der Waals surface area contributed by atoms with Gasteiger partial charge in [0.1, 0.15) is 0 Å². The normalized spacial score (nSPS) is 10.8. The Morgan fingerprint density at radius 3 is 2.94 bits per heavy atom. The van der Waals surface area contributed by atoms with Crippen molar-refractivity contribution in [2.45, 2.75) is 6.54 Å². The molecule has 2 nitrogen and oxygen atoms in total. The number of thioether (sulfide) groups is 1. The zero-order chi connectivity index (χ0) is 11.2. The Kier molecular flexibility index (Phi) is 4.19. The van der Waals surface area contributed by atoms with Gasteiger partial charge in [0.25, 0.3) is 0 Å². The van der Waals surface area contributed by atoms with Crippen molar-refractivity contribution in [2.24, 2.45) is 0 Å². The summed E-state index contributed by atoms with van der Waals surface area (Å²) in [6.45, 7) is 1.89. The standard InChI is InChI=1S/C13H16N2S/c1-16-9-8-14-10-12-7-6-11-4-2-3-5-13(11)15-12/h2-7,14H,8-10H2,1H3. The first-order valence-corrected chi connectivity index (χ1v) is 6.84. The fraction of sp³-hybridized carbons (Fsp3) is 0.308. The van der Waals surface area contributed by atoms with Gasteiger partial charge < -0.3 is 5.32 Å². The second-order valence-electron chi connectivity index (χ2n) is 3.66. The third-order valence-corrected chi connectivity index (χ3v) is 3.06. The van der Waals surface area contributed by atoms with Crippen LogP contribution in [0.4, 0.5) is 0 Å². The first kappa shape index (κ1) is 11.4. The quantitative estimate of drug-likeness (QED) is 0.802. The molecule has 16 heavy (non-hydrogen) atoms. The van der Waals surface area contributed by atoms with E-state index >= 15 is 0 Å². The Morgan fingerprint density at radius 2 is 2.06 bits per heavy atom. The van der Waals surface area contributed by atoms with Crippen molar-refractivity contribution < 1.29 is 0 Å². The molecule has 2 rings (SSSR count). The van der Waals surface area contributed by atoms with E-state index in [-0.39, 0.29) is 0 Å². The third-order valence-electron chi connectivity index (χ3n) is 2.45. The SMILES string of the molecule is CSCCNCc1ccc2ccccc2n1. The molecule has 2 aromatic rings. The first-order valence-electron chi connectivity index (χ1n) is 5.44. The molecule has 0 aliphatic carbocycles. The van der Waals surface area contributed by atoms with E-state index in [1.807, 2.05) is 23.9 Å². The number of para-hydroxylation sites is 1. The van der Waals surface area contributed by atoms with Crippen LogP contribution in [0.3, 0.4) is 0 Å². The number of pyridine rings is 1. The highest BCUT2D eigenvalue weighted by Gasteiger charge is 1.97. The van der Waals surface area contributed by atoms with Gasteiger partial charge in [0, 0.05) is 24.2 Å². The lowest BCUT2D eigenvalue weighted by Crippen LogP contribution is -2.17. The molecule has 0 fully saturated rings. The monoisotopic (exact) mass is 232 g/mol. The molecule has 0 aliphatic rings. The minimum atomic E-state index is 0.853. The number of aromatic nitrogens is 1. The lowest BCUT2D eigenvalue weighted by molar-refractivity contribution is 0.718. The summed E-state index contributed by atoms with van der Waals surface area (Å²) < 4.78 is 0. The van der Waals surface area contributed by atoms with Crippen LogP contribution < -0.4 is 5.32 Å². The van der Waals surface area contributed by atoms with Crippen LogP contribution in [0, 0.1) is 0 Å². The molecule has 3 heteroatoms. The molecule has 0 radical (unpaired) electrons. The Labute approximate surface area is 100 Å². The molecule has 0 atom stereocenters. The highest BCUT2D eigenvalue weighted by molar-refractivity contribution is 7.98. The summed E-state index contributed by atoms with van der Waals surface area (Å²) in [6.07, 6.45) is 2.12. The van der Waals surface area contributed by atoms with Crippen LogP contribution in [0.25, 0.3) is 10.9 Å². The fourth-order valence-electron chi connectivity index (χ4n) is 1.60. The largest absolute Gasteiger partial charge is 0.310 e. The fourth-order valence-corrected chi connectivity index (χ4v) is 1.95. The van der Waals surface area contributed by atoms with Gasteiger partial charge in [0.05, 0.1) is 11.2 Å². The smallest absolute Gasteiger partial charge is 0.0705 e. The molecule has 0 aliphatic heterocycles. The van der Waals surface area contributed by atoms with Crippen LogP contribution in [0.1, 0.15) is 5.69 Å². The van der Waals surface area contributed by atoms with Gasteiger partial charge in [-0.25, -0.2) is 0 Å². The van der Waals surface area contributed by atoms with Crippen molar-refractivity contribution in [3.8, 4) is 0 Å². The Hall–Kier alpha value is -1.06.